The zero-order valence-corrected chi connectivity index (χ0v) is 8.70. The van der Waals surface area contributed by atoms with Gasteiger partial charge >= 0.3 is 0 Å². The molecule has 0 aromatic carbocycles. The average molecular weight is 188 g/mol. The smallest absolute Gasteiger partial charge is 0.0533 e. The summed E-state index contributed by atoms with van der Waals surface area (Å²) in [6.07, 6.45) is 5.03. The SMILES string of the molecule is CCCC(N)CSC1CCCN1. The van der Waals surface area contributed by atoms with Gasteiger partial charge in [0.05, 0.1) is 5.37 Å². The molecule has 0 aliphatic carbocycles. The van der Waals surface area contributed by atoms with Gasteiger partial charge in [0, 0.05) is 11.8 Å². The largest absolute Gasteiger partial charge is 0.327 e. The van der Waals surface area contributed by atoms with Gasteiger partial charge in [-0.1, -0.05) is 13.3 Å². The van der Waals surface area contributed by atoms with Crippen molar-refractivity contribution in [1.29, 1.82) is 0 Å². The van der Waals surface area contributed by atoms with E-state index in [0.717, 1.165) is 5.75 Å². The third kappa shape index (κ3) is 3.78. The van der Waals surface area contributed by atoms with Crippen LogP contribution in [0.3, 0.4) is 0 Å². The molecule has 0 bridgehead atoms. The lowest BCUT2D eigenvalue weighted by Crippen LogP contribution is -2.26. The van der Waals surface area contributed by atoms with Crippen LogP contribution in [-0.2, 0) is 0 Å². The van der Waals surface area contributed by atoms with Crippen LogP contribution in [0.2, 0.25) is 0 Å². The van der Waals surface area contributed by atoms with Crippen molar-refractivity contribution in [3.05, 3.63) is 0 Å². The third-order valence-electron chi connectivity index (χ3n) is 2.19. The molecule has 0 spiro atoms. The van der Waals surface area contributed by atoms with E-state index in [1.807, 2.05) is 11.8 Å². The summed E-state index contributed by atoms with van der Waals surface area (Å²) in [6, 6.07) is 0.405. The molecule has 0 amide bonds. The van der Waals surface area contributed by atoms with Crippen LogP contribution in [0, 0.1) is 0 Å². The van der Waals surface area contributed by atoms with Crippen LogP contribution in [0.1, 0.15) is 32.6 Å². The van der Waals surface area contributed by atoms with Crippen molar-refractivity contribution in [2.24, 2.45) is 5.73 Å². The van der Waals surface area contributed by atoms with Crippen molar-refractivity contribution in [2.75, 3.05) is 12.3 Å². The van der Waals surface area contributed by atoms with Crippen LogP contribution in [0.15, 0.2) is 0 Å². The summed E-state index contributed by atoms with van der Waals surface area (Å²) < 4.78 is 0. The fraction of sp³-hybridized carbons (Fsp3) is 1.00. The molecule has 1 heterocycles. The summed E-state index contributed by atoms with van der Waals surface area (Å²) in [5.41, 5.74) is 5.91. The summed E-state index contributed by atoms with van der Waals surface area (Å²) in [6.45, 7) is 3.39. The van der Waals surface area contributed by atoms with E-state index in [-0.39, 0.29) is 0 Å². The van der Waals surface area contributed by atoms with Gasteiger partial charge in [0.25, 0.3) is 0 Å². The maximum atomic E-state index is 5.91. The highest BCUT2D eigenvalue weighted by Crippen LogP contribution is 2.19. The topological polar surface area (TPSA) is 38.0 Å². The maximum absolute atomic E-state index is 5.91. The van der Waals surface area contributed by atoms with E-state index in [0.29, 0.717) is 11.4 Å². The molecule has 1 aliphatic rings. The van der Waals surface area contributed by atoms with Gasteiger partial charge in [-0.15, -0.1) is 11.8 Å². The van der Waals surface area contributed by atoms with E-state index in [1.165, 1.54) is 32.2 Å². The lowest BCUT2D eigenvalue weighted by Gasteiger charge is -2.13. The molecule has 3 N–H and O–H groups in total. The lowest BCUT2D eigenvalue weighted by molar-refractivity contribution is 0.658. The Balaban J connectivity index is 1.99. The molecule has 1 fully saturated rings. The van der Waals surface area contributed by atoms with Crippen molar-refractivity contribution < 1.29 is 0 Å². The van der Waals surface area contributed by atoms with Crippen LogP contribution >= 0.6 is 11.8 Å². The second-order valence-electron chi connectivity index (χ2n) is 3.47. The van der Waals surface area contributed by atoms with E-state index < -0.39 is 0 Å². The minimum absolute atomic E-state index is 0.405. The monoisotopic (exact) mass is 188 g/mol. The van der Waals surface area contributed by atoms with Gasteiger partial charge in [0.15, 0.2) is 0 Å². The van der Waals surface area contributed by atoms with Crippen molar-refractivity contribution in [3.63, 3.8) is 0 Å². The van der Waals surface area contributed by atoms with Crippen LogP contribution in [0.25, 0.3) is 0 Å². The summed E-state index contributed by atoms with van der Waals surface area (Å²) in [5.74, 6) is 1.12. The molecule has 2 unspecified atom stereocenters. The summed E-state index contributed by atoms with van der Waals surface area (Å²) >= 11 is 2.00. The van der Waals surface area contributed by atoms with Crippen LogP contribution in [0.5, 0.6) is 0 Å². The fourth-order valence-electron chi connectivity index (χ4n) is 1.49. The van der Waals surface area contributed by atoms with Gasteiger partial charge in [0.2, 0.25) is 0 Å². The van der Waals surface area contributed by atoms with Crippen LogP contribution < -0.4 is 11.1 Å². The normalized spacial score (nSPS) is 26.0. The Kier molecular flexibility index (Phi) is 5.04. The molecule has 0 saturated carbocycles. The van der Waals surface area contributed by atoms with Crippen molar-refractivity contribution in [3.8, 4) is 0 Å². The van der Waals surface area contributed by atoms with Gasteiger partial charge in [0.1, 0.15) is 0 Å². The third-order valence-corrected chi connectivity index (χ3v) is 3.61. The number of nitrogens with two attached hydrogens (primary N) is 1. The predicted molar refractivity (Wildman–Crippen MR) is 56.4 cm³/mol. The van der Waals surface area contributed by atoms with Crippen LogP contribution in [-0.4, -0.2) is 23.7 Å². The number of hydrogen-bond acceptors (Lipinski definition) is 3. The molecule has 12 heavy (non-hydrogen) atoms. The predicted octanol–water partition coefficient (Wildman–Crippen LogP) is 1.56. The molecule has 0 radical (unpaired) electrons. The Labute approximate surface area is 79.7 Å². The van der Waals surface area contributed by atoms with E-state index in [4.69, 9.17) is 5.73 Å². The van der Waals surface area contributed by atoms with Crippen molar-refractivity contribution in [2.45, 2.75) is 44.0 Å². The molecular formula is C9H20N2S. The van der Waals surface area contributed by atoms with Crippen molar-refractivity contribution >= 4 is 11.8 Å². The molecule has 0 aromatic rings. The molecule has 2 atom stereocenters. The van der Waals surface area contributed by atoms with Gasteiger partial charge < -0.3 is 11.1 Å². The second kappa shape index (κ2) is 5.84. The maximum Gasteiger partial charge on any atom is 0.0533 e. The summed E-state index contributed by atoms with van der Waals surface area (Å²) in [4.78, 5) is 0. The van der Waals surface area contributed by atoms with E-state index in [1.54, 1.807) is 0 Å². The zero-order chi connectivity index (χ0) is 8.81. The Bertz CT molecular complexity index is 113. The Hall–Kier alpha value is 0.270. The highest BCUT2D eigenvalue weighted by Gasteiger charge is 2.14. The molecule has 1 aliphatic heterocycles. The molecule has 1 rings (SSSR count). The summed E-state index contributed by atoms with van der Waals surface area (Å²) in [7, 11) is 0. The Morgan fingerprint density at radius 1 is 1.67 bits per heavy atom. The second-order valence-corrected chi connectivity index (χ2v) is 4.70. The molecule has 2 nitrogen and oxygen atoms in total. The highest BCUT2D eigenvalue weighted by atomic mass is 32.2. The first-order chi connectivity index (χ1) is 5.83. The number of thioether (sulfide) groups is 1. The number of hydrogen-bond donors (Lipinski definition) is 2. The quantitative estimate of drug-likeness (QED) is 0.687. The zero-order valence-electron chi connectivity index (χ0n) is 7.88. The number of nitrogens with one attached hydrogen (secondary N) is 1. The minimum Gasteiger partial charge on any atom is -0.327 e. The molecule has 0 aromatic heterocycles. The van der Waals surface area contributed by atoms with E-state index >= 15 is 0 Å². The van der Waals surface area contributed by atoms with Gasteiger partial charge in [-0.05, 0) is 25.8 Å². The van der Waals surface area contributed by atoms with E-state index in [9.17, 15) is 0 Å². The fourth-order valence-corrected chi connectivity index (χ4v) is 2.70. The molecule has 72 valence electrons. The van der Waals surface area contributed by atoms with Crippen LogP contribution in [0.4, 0.5) is 0 Å². The first-order valence-corrected chi connectivity index (χ1v) is 5.98. The average Bonchev–Trinajstić information content (AvgIpc) is 2.53. The molecule has 3 heteroatoms. The van der Waals surface area contributed by atoms with E-state index in [2.05, 4.69) is 12.2 Å². The van der Waals surface area contributed by atoms with Gasteiger partial charge in [-0.3, -0.25) is 0 Å². The standard InChI is InChI=1S/C9H20N2S/c1-2-4-8(10)7-12-9-5-3-6-11-9/h8-9,11H,2-7,10H2,1H3. The lowest BCUT2D eigenvalue weighted by atomic mass is 10.2. The first-order valence-electron chi connectivity index (χ1n) is 4.93. The minimum atomic E-state index is 0.405. The first kappa shape index (κ1) is 10.4. The van der Waals surface area contributed by atoms with Gasteiger partial charge in [-0.2, -0.15) is 0 Å². The molecular weight excluding hydrogens is 168 g/mol. The summed E-state index contributed by atoms with van der Waals surface area (Å²) in [5, 5.41) is 4.15. The Morgan fingerprint density at radius 3 is 3.08 bits per heavy atom. The van der Waals surface area contributed by atoms with Gasteiger partial charge in [-0.25, -0.2) is 0 Å². The Morgan fingerprint density at radius 2 is 2.50 bits per heavy atom. The highest BCUT2D eigenvalue weighted by molar-refractivity contribution is 7.99. The number of rotatable bonds is 5. The molecule has 1 saturated heterocycles. The van der Waals surface area contributed by atoms with Crippen molar-refractivity contribution in [1.82, 2.24) is 5.32 Å².